The van der Waals surface area contributed by atoms with Gasteiger partial charge in [-0.1, -0.05) is 77.6 Å². The van der Waals surface area contributed by atoms with Crippen molar-refractivity contribution in [2.24, 2.45) is 0 Å². The molecule has 0 fully saturated rings. The van der Waals surface area contributed by atoms with Crippen LogP contribution in [0, 0.1) is 0 Å². The van der Waals surface area contributed by atoms with Gasteiger partial charge < -0.3 is 18.6 Å². The Kier molecular flexibility index (Phi) is 14.7. The van der Waals surface area contributed by atoms with Crippen molar-refractivity contribution in [1.82, 2.24) is 4.98 Å². The van der Waals surface area contributed by atoms with E-state index in [0.29, 0.717) is 24.8 Å². The largest absolute Gasteiger partial charge is 0.494 e. The molecule has 6 nitrogen and oxygen atoms in total. The van der Waals surface area contributed by atoms with E-state index in [9.17, 15) is 4.79 Å². The minimum absolute atomic E-state index is 0.0207. The average molecular weight is 488 g/mol. The SMILES string of the molecule is CCCCCCCCCCCCCCOc1ccc(-c2nc(CC(=O)OCC)c(OCC)o2)cc1. The van der Waals surface area contributed by atoms with Crippen molar-refractivity contribution < 1.29 is 23.4 Å². The molecule has 0 aliphatic heterocycles. The molecule has 0 N–H and O–H groups in total. The van der Waals surface area contributed by atoms with Gasteiger partial charge in [0.2, 0.25) is 5.89 Å². The van der Waals surface area contributed by atoms with Gasteiger partial charge in [0.25, 0.3) is 0 Å². The molecule has 0 unspecified atom stereocenters. The molecule has 1 aromatic heterocycles. The first-order chi connectivity index (χ1) is 17.2. The predicted molar refractivity (Wildman–Crippen MR) is 140 cm³/mol. The molecule has 2 rings (SSSR count). The fraction of sp³-hybridized carbons (Fsp3) is 0.655. The first-order valence-corrected chi connectivity index (χ1v) is 13.7. The summed E-state index contributed by atoms with van der Waals surface area (Å²) in [5.41, 5.74) is 1.26. The van der Waals surface area contributed by atoms with Crippen LogP contribution in [0.2, 0.25) is 0 Å². The highest BCUT2D eigenvalue weighted by molar-refractivity contribution is 5.73. The van der Waals surface area contributed by atoms with Gasteiger partial charge in [0, 0.05) is 5.56 Å². The highest BCUT2D eigenvalue weighted by Gasteiger charge is 2.19. The Balaban J connectivity index is 1.66. The van der Waals surface area contributed by atoms with E-state index in [1.165, 1.54) is 70.6 Å². The second-order valence-corrected chi connectivity index (χ2v) is 8.93. The molecular weight excluding hydrogens is 442 g/mol. The Bertz CT molecular complexity index is 815. The summed E-state index contributed by atoms with van der Waals surface area (Å²) in [4.78, 5) is 16.3. The van der Waals surface area contributed by atoms with Crippen LogP contribution < -0.4 is 9.47 Å². The van der Waals surface area contributed by atoms with Crippen LogP contribution >= 0.6 is 0 Å². The van der Waals surface area contributed by atoms with Gasteiger partial charge in [-0.15, -0.1) is 0 Å². The third-order valence-electron chi connectivity index (χ3n) is 5.92. The Morgan fingerprint density at radius 2 is 1.37 bits per heavy atom. The number of oxazole rings is 1. The van der Waals surface area contributed by atoms with Gasteiger partial charge in [-0.2, -0.15) is 0 Å². The van der Waals surface area contributed by atoms with E-state index < -0.39 is 0 Å². The Hall–Kier alpha value is -2.50. The van der Waals surface area contributed by atoms with Gasteiger partial charge >= 0.3 is 11.9 Å². The van der Waals surface area contributed by atoms with Gasteiger partial charge in [0.15, 0.2) is 0 Å². The van der Waals surface area contributed by atoms with E-state index >= 15 is 0 Å². The second-order valence-electron chi connectivity index (χ2n) is 8.93. The van der Waals surface area contributed by atoms with Crippen LogP contribution in [0.5, 0.6) is 11.7 Å². The van der Waals surface area contributed by atoms with Crippen LogP contribution in [0.4, 0.5) is 0 Å². The zero-order valence-electron chi connectivity index (χ0n) is 22.1. The van der Waals surface area contributed by atoms with Crippen molar-refractivity contribution in [1.29, 1.82) is 0 Å². The quantitative estimate of drug-likeness (QED) is 0.139. The number of benzene rings is 1. The molecule has 35 heavy (non-hydrogen) atoms. The highest BCUT2D eigenvalue weighted by Crippen LogP contribution is 2.29. The molecule has 0 aliphatic carbocycles. The lowest BCUT2D eigenvalue weighted by molar-refractivity contribution is -0.142. The summed E-state index contributed by atoms with van der Waals surface area (Å²) in [6, 6.07) is 7.66. The molecule has 0 radical (unpaired) electrons. The normalized spacial score (nSPS) is 10.9. The van der Waals surface area contributed by atoms with Crippen molar-refractivity contribution >= 4 is 5.97 Å². The number of aromatic nitrogens is 1. The lowest BCUT2D eigenvalue weighted by atomic mass is 10.1. The smallest absolute Gasteiger partial charge is 0.312 e. The number of nitrogens with zero attached hydrogens (tertiary/aromatic N) is 1. The van der Waals surface area contributed by atoms with Gasteiger partial charge in [0.05, 0.1) is 26.2 Å². The van der Waals surface area contributed by atoms with Crippen molar-refractivity contribution in [2.75, 3.05) is 19.8 Å². The summed E-state index contributed by atoms with van der Waals surface area (Å²) in [6.07, 6.45) is 16.0. The van der Waals surface area contributed by atoms with E-state index in [0.717, 1.165) is 24.3 Å². The van der Waals surface area contributed by atoms with Crippen LogP contribution in [-0.2, 0) is 16.0 Å². The maximum atomic E-state index is 11.8. The third kappa shape index (κ3) is 11.7. The molecule has 0 aliphatic rings. The molecule has 1 heterocycles. The minimum Gasteiger partial charge on any atom is -0.494 e. The number of carbonyl (C=O) groups excluding carboxylic acids is 1. The lowest BCUT2D eigenvalue weighted by Gasteiger charge is -2.07. The van der Waals surface area contributed by atoms with Crippen molar-refractivity contribution in [3.8, 4) is 23.1 Å². The Labute approximate surface area is 211 Å². The number of esters is 1. The summed E-state index contributed by atoms with van der Waals surface area (Å²) in [5.74, 6) is 1.16. The maximum absolute atomic E-state index is 11.8. The zero-order valence-corrected chi connectivity index (χ0v) is 22.1. The molecule has 0 spiro atoms. The van der Waals surface area contributed by atoms with Crippen molar-refractivity contribution in [3.05, 3.63) is 30.0 Å². The third-order valence-corrected chi connectivity index (χ3v) is 5.92. The minimum atomic E-state index is -0.352. The summed E-state index contributed by atoms with van der Waals surface area (Å²) < 4.78 is 22.2. The summed E-state index contributed by atoms with van der Waals surface area (Å²) in [7, 11) is 0. The molecular formula is C29H45NO5. The second kappa shape index (κ2) is 17.9. The fourth-order valence-corrected chi connectivity index (χ4v) is 3.99. The number of carbonyl (C=O) groups is 1. The molecule has 0 saturated heterocycles. The van der Waals surface area contributed by atoms with Gasteiger partial charge in [-0.25, -0.2) is 4.98 Å². The number of hydrogen-bond acceptors (Lipinski definition) is 6. The first kappa shape index (κ1) is 28.7. The molecule has 6 heteroatoms. The molecule has 0 amide bonds. The summed E-state index contributed by atoms with van der Waals surface area (Å²) in [6.45, 7) is 7.39. The van der Waals surface area contributed by atoms with E-state index in [1.54, 1.807) is 6.92 Å². The molecule has 0 atom stereocenters. The summed E-state index contributed by atoms with van der Waals surface area (Å²) >= 11 is 0. The van der Waals surface area contributed by atoms with E-state index in [-0.39, 0.29) is 18.3 Å². The Morgan fingerprint density at radius 3 is 1.94 bits per heavy atom. The average Bonchev–Trinajstić information content (AvgIpc) is 3.25. The molecule has 196 valence electrons. The maximum Gasteiger partial charge on any atom is 0.312 e. The number of hydrogen-bond donors (Lipinski definition) is 0. The van der Waals surface area contributed by atoms with Crippen LogP contribution in [0.15, 0.2) is 28.7 Å². The van der Waals surface area contributed by atoms with Gasteiger partial charge in [-0.3, -0.25) is 4.79 Å². The lowest BCUT2D eigenvalue weighted by Crippen LogP contribution is -2.09. The summed E-state index contributed by atoms with van der Waals surface area (Å²) in [5, 5.41) is 0. The van der Waals surface area contributed by atoms with E-state index in [4.69, 9.17) is 18.6 Å². The number of unbranched alkanes of at least 4 members (excludes halogenated alkanes) is 11. The molecule has 2 aromatic rings. The zero-order chi connectivity index (χ0) is 25.1. The standard InChI is InChI=1S/C29H45NO5/c1-4-7-8-9-10-11-12-13-14-15-16-17-22-34-25-20-18-24(19-21-25)28-30-26(23-27(31)32-5-2)29(35-28)33-6-3/h18-21H,4-17,22-23H2,1-3H3. The van der Waals surface area contributed by atoms with E-state index in [1.807, 2.05) is 31.2 Å². The fourth-order valence-electron chi connectivity index (χ4n) is 3.99. The van der Waals surface area contributed by atoms with Crippen LogP contribution in [-0.4, -0.2) is 30.8 Å². The van der Waals surface area contributed by atoms with Crippen molar-refractivity contribution in [3.63, 3.8) is 0 Å². The monoisotopic (exact) mass is 487 g/mol. The van der Waals surface area contributed by atoms with E-state index in [2.05, 4.69) is 11.9 Å². The van der Waals surface area contributed by atoms with Crippen LogP contribution in [0.1, 0.15) is 104 Å². The number of rotatable bonds is 20. The first-order valence-electron chi connectivity index (χ1n) is 13.7. The topological polar surface area (TPSA) is 70.8 Å². The molecule has 1 aromatic carbocycles. The highest BCUT2D eigenvalue weighted by atomic mass is 16.6. The van der Waals surface area contributed by atoms with Gasteiger partial charge in [0.1, 0.15) is 11.4 Å². The Morgan fingerprint density at radius 1 is 0.771 bits per heavy atom. The predicted octanol–water partition coefficient (Wildman–Crippen LogP) is 7.93. The van der Waals surface area contributed by atoms with Crippen molar-refractivity contribution in [2.45, 2.75) is 104 Å². The number of ether oxygens (including phenoxy) is 3. The van der Waals surface area contributed by atoms with Gasteiger partial charge in [-0.05, 0) is 44.5 Å². The molecule has 0 saturated carbocycles. The molecule has 0 bridgehead atoms. The van der Waals surface area contributed by atoms with Crippen LogP contribution in [0.25, 0.3) is 11.5 Å². The van der Waals surface area contributed by atoms with Crippen LogP contribution in [0.3, 0.4) is 0 Å².